The summed E-state index contributed by atoms with van der Waals surface area (Å²) in [6, 6.07) is 13.3. The molecule has 0 spiro atoms. The van der Waals surface area contributed by atoms with Crippen molar-refractivity contribution in [1.82, 2.24) is 0 Å². The Bertz CT molecular complexity index is 616. The number of hydrogen-bond acceptors (Lipinski definition) is 5. The third-order valence-corrected chi connectivity index (χ3v) is 8.24. The van der Waals surface area contributed by atoms with E-state index in [0.29, 0.717) is 11.5 Å². The highest BCUT2D eigenvalue weighted by atomic mass is 28.5. The van der Waals surface area contributed by atoms with Crippen LogP contribution in [0.1, 0.15) is 0 Å². The Balaban J connectivity index is 2.05. The molecule has 0 atom stereocenters. The maximum Gasteiger partial charge on any atom is 0.384 e. The molecule has 0 saturated heterocycles. The number of phenolic OH excluding ortho intramolecular Hbond substituents is 2. The molecule has 0 unspecified atom stereocenters. The minimum absolute atomic E-state index is 0.153. The van der Waals surface area contributed by atoms with Crippen LogP contribution in [0.4, 0.5) is 0 Å². The van der Waals surface area contributed by atoms with E-state index in [4.69, 9.17) is 13.0 Å². The van der Waals surface area contributed by atoms with E-state index in [9.17, 15) is 10.2 Å². The van der Waals surface area contributed by atoms with Gasteiger partial charge in [0.1, 0.15) is 23.0 Å². The normalized spacial score (nSPS) is 12.0. The number of benzene rings is 2. The molecule has 5 nitrogen and oxygen atoms in total. The number of hydrogen-bond donors (Lipinski definition) is 2. The number of rotatable bonds is 6. The van der Waals surface area contributed by atoms with Gasteiger partial charge in [-0.15, -0.1) is 0 Å². The van der Waals surface area contributed by atoms with Gasteiger partial charge in [0.2, 0.25) is 0 Å². The summed E-state index contributed by atoms with van der Waals surface area (Å²) >= 11 is 0. The molecule has 2 rings (SSSR count). The van der Waals surface area contributed by atoms with E-state index in [0.717, 1.165) is 0 Å². The maximum absolute atomic E-state index is 9.52. The van der Waals surface area contributed by atoms with Gasteiger partial charge in [-0.2, -0.15) is 0 Å². The minimum atomic E-state index is -2.51. The molecule has 0 heterocycles. The molecular formula is C16H22O5Si2. The molecule has 2 aromatic carbocycles. The van der Waals surface area contributed by atoms with Crippen LogP contribution in [0, 0.1) is 0 Å². The third-order valence-electron chi connectivity index (χ3n) is 2.85. The molecule has 124 valence electrons. The minimum Gasteiger partial charge on any atom is -0.521 e. The summed E-state index contributed by atoms with van der Waals surface area (Å²) in [5, 5.41) is 19.0. The zero-order chi connectivity index (χ0) is 17.1. The maximum atomic E-state index is 9.52. The van der Waals surface area contributed by atoms with Gasteiger partial charge in [-0.25, -0.2) is 0 Å². The van der Waals surface area contributed by atoms with Gasteiger partial charge in [-0.05, 0) is 50.5 Å². The summed E-state index contributed by atoms with van der Waals surface area (Å²) in [6.07, 6.45) is 0. The SMILES string of the molecule is C[Si](C)(Oc1cccc(O)c1)O[Si](C)(C)Oc1cccc(O)c1. The fraction of sp³-hybridized carbons (Fsp3) is 0.250. The van der Waals surface area contributed by atoms with Crippen LogP contribution in [-0.4, -0.2) is 27.3 Å². The lowest BCUT2D eigenvalue weighted by Crippen LogP contribution is -2.52. The van der Waals surface area contributed by atoms with Crippen LogP contribution in [-0.2, 0) is 4.12 Å². The quantitative estimate of drug-likeness (QED) is 0.771. The summed E-state index contributed by atoms with van der Waals surface area (Å²) in [7, 11) is -5.01. The van der Waals surface area contributed by atoms with Crippen molar-refractivity contribution < 1.29 is 23.2 Å². The predicted octanol–water partition coefficient (Wildman–Crippen LogP) is 3.98. The molecule has 0 radical (unpaired) electrons. The Morgan fingerprint density at radius 2 is 1.09 bits per heavy atom. The summed E-state index contributed by atoms with van der Waals surface area (Å²) in [4.78, 5) is 0. The average molecular weight is 351 g/mol. The zero-order valence-electron chi connectivity index (χ0n) is 13.7. The van der Waals surface area contributed by atoms with Crippen LogP contribution in [0.5, 0.6) is 23.0 Å². The molecule has 0 amide bonds. The topological polar surface area (TPSA) is 68.2 Å². The predicted molar refractivity (Wildman–Crippen MR) is 93.5 cm³/mol. The van der Waals surface area contributed by atoms with E-state index in [1.54, 1.807) is 48.5 Å². The first-order valence-corrected chi connectivity index (χ1v) is 12.9. The van der Waals surface area contributed by atoms with Crippen molar-refractivity contribution in [1.29, 1.82) is 0 Å². The van der Waals surface area contributed by atoms with Crippen LogP contribution in [0.25, 0.3) is 0 Å². The van der Waals surface area contributed by atoms with Crippen molar-refractivity contribution in [3.05, 3.63) is 48.5 Å². The monoisotopic (exact) mass is 350 g/mol. The van der Waals surface area contributed by atoms with Gasteiger partial charge < -0.3 is 23.2 Å². The summed E-state index contributed by atoms with van der Waals surface area (Å²) in [6.45, 7) is 7.71. The second-order valence-electron chi connectivity index (χ2n) is 6.10. The molecule has 0 fully saturated rings. The van der Waals surface area contributed by atoms with Crippen molar-refractivity contribution in [2.45, 2.75) is 26.2 Å². The average Bonchev–Trinajstić information content (AvgIpc) is 2.35. The molecule has 0 saturated carbocycles. The van der Waals surface area contributed by atoms with Gasteiger partial charge in [0.15, 0.2) is 0 Å². The first-order chi connectivity index (χ1) is 10.7. The van der Waals surface area contributed by atoms with Gasteiger partial charge in [0.25, 0.3) is 0 Å². The van der Waals surface area contributed by atoms with Crippen LogP contribution in [0.2, 0.25) is 26.2 Å². The van der Waals surface area contributed by atoms with E-state index in [2.05, 4.69) is 0 Å². The fourth-order valence-electron chi connectivity index (χ4n) is 2.30. The second-order valence-corrected chi connectivity index (χ2v) is 12.9. The van der Waals surface area contributed by atoms with Crippen molar-refractivity contribution in [2.24, 2.45) is 0 Å². The molecule has 0 aromatic heterocycles. The van der Waals surface area contributed by atoms with Gasteiger partial charge in [0.05, 0.1) is 0 Å². The molecule has 0 aliphatic rings. The van der Waals surface area contributed by atoms with Crippen LogP contribution in [0.3, 0.4) is 0 Å². The van der Waals surface area contributed by atoms with E-state index in [1.807, 2.05) is 26.2 Å². The van der Waals surface area contributed by atoms with Crippen LogP contribution < -0.4 is 8.85 Å². The Morgan fingerprint density at radius 3 is 1.43 bits per heavy atom. The molecule has 0 aliphatic heterocycles. The van der Waals surface area contributed by atoms with Crippen molar-refractivity contribution in [2.75, 3.05) is 0 Å². The largest absolute Gasteiger partial charge is 0.521 e. The Morgan fingerprint density at radius 1 is 0.696 bits per heavy atom. The fourth-order valence-corrected chi connectivity index (χ4v) is 8.75. The van der Waals surface area contributed by atoms with Crippen molar-refractivity contribution >= 4 is 17.1 Å². The molecule has 23 heavy (non-hydrogen) atoms. The Kier molecular flexibility index (Phi) is 5.03. The molecule has 0 bridgehead atoms. The summed E-state index contributed by atoms with van der Waals surface area (Å²) < 4.78 is 18.1. The lowest BCUT2D eigenvalue weighted by molar-refractivity contribution is 0.333. The molecule has 0 aliphatic carbocycles. The molecular weight excluding hydrogens is 328 g/mol. The first kappa shape index (κ1) is 17.4. The standard InChI is InChI=1S/C16H22O5Si2/c1-22(2,19-15-9-5-7-13(17)11-15)21-23(3,4)20-16-10-6-8-14(18)12-16/h5-12,17-18H,1-4H3. The number of aromatic hydroxyl groups is 2. The van der Waals surface area contributed by atoms with E-state index >= 15 is 0 Å². The molecule has 2 aromatic rings. The molecule has 7 heteroatoms. The Labute approximate surface area is 138 Å². The van der Waals surface area contributed by atoms with Crippen molar-refractivity contribution in [3.63, 3.8) is 0 Å². The van der Waals surface area contributed by atoms with Crippen LogP contribution >= 0.6 is 0 Å². The third kappa shape index (κ3) is 5.62. The Hall–Kier alpha value is -1.97. The smallest absolute Gasteiger partial charge is 0.384 e. The van der Waals surface area contributed by atoms with Gasteiger partial charge in [0, 0.05) is 12.1 Å². The van der Waals surface area contributed by atoms with Gasteiger partial charge in [-0.1, -0.05) is 12.1 Å². The van der Waals surface area contributed by atoms with E-state index < -0.39 is 17.1 Å². The highest BCUT2D eigenvalue weighted by Gasteiger charge is 2.39. The first-order valence-electron chi connectivity index (χ1n) is 7.31. The van der Waals surface area contributed by atoms with E-state index in [1.165, 1.54) is 0 Å². The summed E-state index contributed by atoms with van der Waals surface area (Å²) in [5.74, 6) is 1.45. The van der Waals surface area contributed by atoms with Crippen molar-refractivity contribution in [3.8, 4) is 23.0 Å². The lowest BCUT2D eigenvalue weighted by Gasteiger charge is -2.33. The zero-order valence-corrected chi connectivity index (χ0v) is 15.7. The van der Waals surface area contributed by atoms with Gasteiger partial charge in [-0.3, -0.25) is 0 Å². The number of phenols is 2. The van der Waals surface area contributed by atoms with E-state index in [-0.39, 0.29) is 11.5 Å². The molecule has 2 N–H and O–H groups in total. The highest BCUT2D eigenvalue weighted by molar-refractivity contribution is 6.79. The van der Waals surface area contributed by atoms with Crippen LogP contribution in [0.15, 0.2) is 48.5 Å². The lowest BCUT2D eigenvalue weighted by atomic mass is 10.3. The van der Waals surface area contributed by atoms with Gasteiger partial charge >= 0.3 is 17.1 Å². The highest BCUT2D eigenvalue weighted by Crippen LogP contribution is 2.26. The summed E-state index contributed by atoms with van der Waals surface area (Å²) in [5.41, 5.74) is 0. The second kappa shape index (κ2) is 6.65.